The summed E-state index contributed by atoms with van der Waals surface area (Å²) in [5.74, 6) is 1.47. The van der Waals surface area contributed by atoms with Crippen molar-refractivity contribution in [1.29, 1.82) is 0 Å². The van der Waals surface area contributed by atoms with Crippen LogP contribution < -0.4 is 5.32 Å². The highest BCUT2D eigenvalue weighted by molar-refractivity contribution is 7.07. The molecule has 1 N–H and O–H groups in total. The van der Waals surface area contributed by atoms with Crippen molar-refractivity contribution in [3.05, 3.63) is 58.3 Å². The Morgan fingerprint density at radius 2 is 2.06 bits per heavy atom. The van der Waals surface area contributed by atoms with Crippen LogP contribution in [0.2, 0.25) is 0 Å². The second-order valence-electron chi connectivity index (χ2n) is 5.11. The number of nitrogens with one attached hydrogen (secondary N) is 1. The van der Waals surface area contributed by atoms with Gasteiger partial charge in [-0.2, -0.15) is 11.3 Å². The summed E-state index contributed by atoms with van der Waals surface area (Å²) in [7, 11) is 0. The van der Waals surface area contributed by atoms with Gasteiger partial charge in [-0.25, -0.2) is 0 Å². The topological polar surface area (TPSA) is 12.0 Å². The largest absolute Gasteiger partial charge is 0.316 e. The molecule has 1 saturated heterocycles. The van der Waals surface area contributed by atoms with Gasteiger partial charge in [0.1, 0.15) is 0 Å². The molecular weight excluding hydrogens is 238 g/mol. The summed E-state index contributed by atoms with van der Waals surface area (Å²) in [6.07, 6.45) is 2.46. The van der Waals surface area contributed by atoms with Gasteiger partial charge in [-0.1, -0.05) is 30.3 Å². The monoisotopic (exact) mass is 257 g/mol. The van der Waals surface area contributed by atoms with Gasteiger partial charge in [-0.15, -0.1) is 0 Å². The fourth-order valence-corrected chi connectivity index (χ4v) is 3.70. The second kappa shape index (κ2) is 5.68. The van der Waals surface area contributed by atoms with E-state index in [4.69, 9.17) is 0 Å². The van der Waals surface area contributed by atoms with Crippen molar-refractivity contribution in [2.45, 2.75) is 18.8 Å². The van der Waals surface area contributed by atoms with Crippen LogP contribution in [0, 0.1) is 5.92 Å². The maximum Gasteiger partial charge on any atom is -0.00115 e. The summed E-state index contributed by atoms with van der Waals surface area (Å²) in [4.78, 5) is 0. The molecule has 0 amide bonds. The molecule has 0 saturated carbocycles. The molecule has 0 spiro atoms. The van der Waals surface area contributed by atoms with Gasteiger partial charge in [0.2, 0.25) is 0 Å². The minimum atomic E-state index is 0.732. The van der Waals surface area contributed by atoms with Crippen molar-refractivity contribution >= 4 is 11.3 Å². The third-order valence-corrected chi connectivity index (χ3v) is 4.62. The lowest BCUT2D eigenvalue weighted by Gasteiger charge is -2.32. The van der Waals surface area contributed by atoms with Crippen LogP contribution in [0.4, 0.5) is 0 Å². The number of hydrogen-bond acceptors (Lipinski definition) is 2. The average molecular weight is 257 g/mol. The van der Waals surface area contributed by atoms with E-state index in [1.54, 1.807) is 5.56 Å². The average Bonchev–Trinajstić information content (AvgIpc) is 2.94. The molecule has 2 atom stereocenters. The van der Waals surface area contributed by atoms with Gasteiger partial charge in [-0.3, -0.25) is 0 Å². The standard InChI is InChI=1S/C16H19NS/c1-2-4-13(5-3-1)10-15-11-17-8-6-16(15)14-7-9-18-12-14/h1-5,7,9,12,15-17H,6,8,10-11H2. The molecule has 1 nitrogen and oxygen atoms in total. The number of benzene rings is 1. The van der Waals surface area contributed by atoms with Gasteiger partial charge in [-0.05, 0) is 65.7 Å². The first-order chi connectivity index (χ1) is 8.93. The summed E-state index contributed by atoms with van der Waals surface area (Å²) in [6, 6.07) is 13.2. The van der Waals surface area contributed by atoms with Crippen LogP contribution in [0.3, 0.4) is 0 Å². The van der Waals surface area contributed by atoms with Crippen LogP contribution >= 0.6 is 11.3 Å². The van der Waals surface area contributed by atoms with Gasteiger partial charge < -0.3 is 5.32 Å². The van der Waals surface area contributed by atoms with E-state index in [0.29, 0.717) is 0 Å². The van der Waals surface area contributed by atoms with Gasteiger partial charge in [0, 0.05) is 0 Å². The lowest BCUT2D eigenvalue weighted by Crippen LogP contribution is -2.36. The Morgan fingerprint density at radius 3 is 2.83 bits per heavy atom. The SMILES string of the molecule is c1ccc(CC2CNCCC2c2ccsc2)cc1. The molecule has 3 rings (SSSR count). The summed E-state index contributed by atoms with van der Waals surface area (Å²) in [5, 5.41) is 8.08. The Kier molecular flexibility index (Phi) is 3.77. The zero-order valence-electron chi connectivity index (χ0n) is 10.5. The van der Waals surface area contributed by atoms with Crippen molar-refractivity contribution in [2.24, 2.45) is 5.92 Å². The zero-order valence-corrected chi connectivity index (χ0v) is 11.3. The Bertz CT molecular complexity index is 463. The maximum absolute atomic E-state index is 3.55. The molecule has 0 bridgehead atoms. The third-order valence-electron chi connectivity index (χ3n) is 3.92. The predicted molar refractivity (Wildman–Crippen MR) is 78.2 cm³/mol. The first-order valence-electron chi connectivity index (χ1n) is 6.70. The normalized spacial score (nSPS) is 24.0. The summed E-state index contributed by atoms with van der Waals surface area (Å²) < 4.78 is 0. The van der Waals surface area contributed by atoms with Gasteiger partial charge in [0.05, 0.1) is 0 Å². The van der Waals surface area contributed by atoms with Crippen LogP contribution in [0.5, 0.6) is 0 Å². The minimum absolute atomic E-state index is 0.732. The highest BCUT2D eigenvalue weighted by atomic mass is 32.1. The number of thiophene rings is 1. The zero-order chi connectivity index (χ0) is 12.2. The van der Waals surface area contributed by atoms with E-state index in [0.717, 1.165) is 24.9 Å². The molecule has 2 heteroatoms. The highest BCUT2D eigenvalue weighted by Crippen LogP contribution is 2.33. The van der Waals surface area contributed by atoms with E-state index >= 15 is 0 Å². The van der Waals surface area contributed by atoms with Crippen LogP contribution in [0.25, 0.3) is 0 Å². The molecule has 18 heavy (non-hydrogen) atoms. The second-order valence-corrected chi connectivity index (χ2v) is 5.89. The molecule has 1 aromatic carbocycles. The van der Waals surface area contributed by atoms with Crippen LogP contribution in [-0.2, 0) is 6.42 Å². The molecule has 1 aliphatic rings. The first kappa shape index (κ1) is 11.9. The molecule has 94 valence electrons. The number of rotatable bonds is 3. The molecule has 1 aromatic heterocycles. The van der Waals surface area contributed by atoms with E-state index < -0.39 is 0 Å². The van der Waals surface area contributed by atoms with Crippen LogP contribution in [-0.4, -0.2) is 13.1 Å². The van der Waals surface area contributed by atoms with Gasteiger partial charge >= 0.3 is 0 Å². The number of hydrogen-bond donors (Lipinski definition) is 1. The van der Waals surface area contributed by atoms with Crippen molar-refractivity contribution < 1.29 is 0 Å². The van der Waals surface area contributed by atoms with Gasteiger partial charge in [0.15, 0.2) is 0 Å². The van der Waals surface area contributed by atoms with E-state index in [9.17, 15) is 0 Å². The molecular formula is C16H19NS. The maximum atomic E-state index is 3.55. The molecule has 0 aliphatic carbocycles. The lowest BCUT2D eigenvalue weighted by molar-refractivity contribution is 0.324. The van der Waals surface area contributed by atoms with Crippen molar-refractivity contribution in [1.82, 2.24) is 5.32 Å². The Morgan fingerprint density at radius 1 is 1.17 bits per heavy atom. The molecule has 1 aliphatic heterocycles. The highest BCUT2D eigenvalue weighted by Gasteiger charge is 2.26. The van der Waals surface area contributed by atoms with Crippen LogP contribution in [0.1, 0.15) is 23.5 Å². The molecule has 2 unspecified atom stereocenters. The minimum Gasteiger partial charge on any atom is -0.316 e. The van der Waals surface area contributed by atoms with Crippen molar-refractivity contribution in [3.63, 3.8) is 0 Å². The van der Waals surface area contributed by atoms with Crippen molar-refractivity contribution in [2.75, 3.05) is 13.1 Å². The first-order valence-corrected chi connectivity index (χ1v) is 7.64. The van der Waals surface area contributed by atoms with E-state index in [1.807, 2.05) is 11.3 Å². The molecule has 0 radical (unpaired) electrons. The molecule has 1 fully saturated rings. The smallest absolute Gasteiger partial charge is 0.00115 e. The summed E-state index contributed by atoms with van der Waals surface area (Å²) in [6.45, 7) is 2.31. The molecule has 2 heterocycles. The third kappa shape index (κ3) is 2.65. The number of piperidine rings is 1. The van der Waals surface area contributed by atoms with Crippen LogP contribution in [0.15, 0.2) is 47.2 Å². The Hall–Kier alpha value is -1.12. The summed E-state index contributed by atoms with van der Waals surface area (Å²) in [5.41, 5.74) is 3.01. The van der Waals surface area contributed by atoms with E-state index in [2.05, 4.69) is 52.5 Å². The van der Waals surface area contributed by atoms with E-state index in [-0.39, 0.29) is 0 Å². The summed E-state index contributed by atoms with van der Waals surface area (Å²) >= 11 is 1.82. The lowest BCUT2D eigenvalue weighted by atomic mass is 9.79. The Balaban J connectivity index is 1.76. The quantitative estimate of drug-likeness (QED) is 0.884. The Labute approximate surface area is 113 Å². The van der Waals surface area contributed by atoms with Gasteiger partial charge in [0.25, 0.3) is 0 Å². The fraction of sp³-hybridized carbons (Fsp3) is 0.375. The van der Waals surface area contributed by atoms with E-state index in [1.165, 1.54) is 18.4 Å². The predicted octanol–water partition coefficient (Wildman–Crippen LogP) is 3.68. The fourth-order valence-electron chi connectivity index (χ4n) is 2.98. The molecule has 2 aromatic rings. The van der Waals surface area contributed by atoms with Crippen molar-refractivity contribution in [3.8, 4) is 0 Å².